The summed E-state index contributed by atoms with van der Waals surface area (Å²) in [5.74, 6) is 1.71. The van der Waals surface area contributed by atoms with Crippen LogP contribution in [0.4, 0.5) is 0 Å². The first-order chi connectivity index (χ1) is 11.8. The second-order valence-electron chi connectivity index (χ2n) is 5.45. The van der Waals surface area contributed by atoms with Gasteiger partial charge in [-0.3, -0.25) is 0 Å². The number of ether oxygens (including phenoxy) is 2. The van der Waals surface area contributed by atoms with E-state index in [0.717, 1.165) is 22.4 Å². The third kappa shape index (κ3) is 3.66. The smallest absolute Gasteiger partial charge is 0.120 e. The van der Waals surface area contributed by atoms with Gasteiger partial charge >= 0.3 is 0 Å². The lowest BCUT2D eigenvalue weighted by atomic mass is 10.0. The molecule has 0 unspecified atom stereocenters. The summed E-state index contributed by atoms with van der Waals surface area (Å²) >= 11 is 0. The molecule has 0 aliphatic carbocycles. The zero-order valence-electron chi connectivity index (χ0n) is 13.6. The minimum atomic E-state index is 0.518. The van der Waals surface area contributed by atoms with Crippen molar-refractivity contribution in [2.45, 2.75) is 0 Å². The Morgan fingerprint density at radius 3 is 1.88 bits per heavy atom. The predicted molar refractivity (Wildman–Crippen MR) is 101 cm³/mol. The molecule has 0 saturated carbocycles. The molecule has 0 aromatic heterocycles. The molecule has 0 amide bonds. The largest absolute Gasteiger partial charge is 0.490 e. The van der Waals surface area contributed by atoms with Gasteiger partial charge in [-0.15, -0.1) is 0 Å². The molecule has 0 aliphatic heterocycles. The first-order valence-electron chi connectivity index (χ1n) is 7.92. The SMILES string of the molecule is C=CCOc1ccc(-c2ccc3cc(OCC=C)ccc3c2)cc1. The lowest BCUT2D eigenvalue weighted by molar-refractivity contribution is 0.363. The van der Waals surface area contributed by atoms with Crippen LogP contribution in [0.25, 0.3) is 21.9 Å². The molecule has 3 aromatic rings. The summed E-state index contributed by atoms with van der Waals surface area (Å²) in [4.78, 5) is 0. The van der Waals surface area contributed by atoms with Crippen LogP contribution < -0.4 is 9.47 Å². The Kier molecular flexibility index (Phi) is 4.97. The molecule has 2 nitrogen and oxygen atoms in total. The van der Waals surface area contributed by atoms with Crippen LogP contribution in [0.2, 0.25) is 0 Å². The molecule has 24 heavy (non-hydrogen) atoms. The van der Waals surface area contributed by atoms with E-state index in [2.05, 4.69) is 55.6 Å². The summed E-state index contributed by atoms with van der Waals surface area (Å²) in [5.41, 5.74) is 2.34. The molecule has 3 rings (SSSR count). The van der Waals surface area contributed by atoms with Crippen molar-refractivity contribution in [2.24, 2.45) is 0 Å². The maximum Gasteiger partial charge on any atom is 0.120 e. The Bertz CT molecular complexity index is 847. The number of benzene rings is 3. The van der Waals surface area contributed by atoms with Crippen molar-refractivity contribution in [3.05, 3.63) is 86.0 Å². The standard InChI is InChI=1S/C22H20O2/c1-3-13-23-21-10-7-17(8-11-21)18-5-6-20-16-22(24-14-4-2)12-9-19(20)15-18/h3-12,15-16H,1-2,13-14H2. The van der Waals surface area contributed by atoms with Gasteiger partial charge in [-0.2, -0.15) is 0 Å². The minimum absolute atomic E-state index is 0.518. The molecule has 0 aliphatic rings. The molecule has 120 valence electrons. The van der Waals surface area contributed by atoms with Crippen molar-refractivity contribution in [3.63, 3.8) is 0 Å². The third-order valence-electron chi connectivity index (χ3n) is 3.74. The van der Waals surface area contributed by atoms with Crippen LogP contribution >= 0.6 is 0 Å². The van der Waals surface area contributed by atoms with E-state index in [9.17, 15) is 0 Å². The molecular weight excluding hydrogens is 296 g/mol. The Balaban J connectivity index is 1.84. The highest BCUT2D eigenvalue weighted by atomic mass is 16.5. The fourth-order valence-corrected chi connectivity index (χ4v) is 2.55. The molecule has 3 aromatic carbocycles. The van der Waals surface area contributed by atoms with Crippen molar-refractivity contribution in [3.8, 4) is 22.6 Å². The van der Waals surface area contributed by atoms with Crippen LogP contribution in [0.15, 0.2) is 86.0 Å². The van der Waals surface area contributed by atoms with Crippen LogP contribution in [0.5, 0.6) is 11.5 Å². The van der Waals surface area contributed by atoms with Gasteiger partial charge in [-0.1, -0.05) is 55.6 Å². The normalized spacial score (nSPS) is 10.3. The van der Waals surface area contributed by atoms with Crippen LogP contribution in [0.1, 0.15) is 0 Å². The quantitative estimate of drug-likeness (QED) is 0.525. The molecule has 0 spiro atoms. The van der Waals surface area contributed by atoms with Crippen molar-refractivity contribution < 1.29 is 9.47 Å². The molecule has 0 heterocycles. The zero-order valence-corrected chi connectivity index (χ0v) is 13.6. The molecule has 0 bridgehead atoms. The van der Waals surface area contributed by atoms with E-state index in [4.69, 9.17) is 9.47 Å². The van der Waals surface area contributed by atoms with E-state index in [1.54, 1.807) is 12.2 Å². The van der Waals surface area contributed by atoms with E-state index < -0.39 is 0 Å². The highest BCUT2D eigenvalue weighted by Crippen LogP contribution is 2.28. The first kappa shape index (κ1) is 15.9. The summed E-state index contributed by atoms with van der Waals surface area (Å²) < 4.78 is 11.1. The monoisotopic (exact) mass is 316 g/mol. The van der Waals surface area contributed by atoms with Crippen LogP contribution in [-0.4, -0.2) is 13.2 Å². The lowest BCUT2D eigenvalue weighted by Crippen LogP contribution is -1.92. The average molecular weight is 316 g/mol. The van der Waals surface area contributed by atoms with Crippen LogP contribution in [0, 0.1) is 0 Å². The average Bonchev–Trinajstić information content (AvgIpc) is 2.64. The van der Waals surface area contributed by atoms with Gasteiger partial charge in [0.25, 0.3) is 0 Å². The zero-order chi connectivity index (χ0) is 16.8. The van der Waals surface area contributed by atoms with Crippen LogP contribution in [-0.2, 0) is 0 Å². The van der Waals surface area contributed by atoms with Gasteiger partial charge in [0, 0.05) is 0 Å². The molecule has 0 N–H and O–H groups in total. The third-order valence-corrected chi connectivity index (χ3v) is 3.74. The van der Waals surface area contributed by atoms with Crippen molar-refractivity contribution >= 4 is 10.8 Å². The van der Waals surface area contributed by atoms with Gasteiger partial charge < -0.3 is 9.47 Å². The number of hydrogen-bond acceptors (Lipinski definition) is 2. The molecular formula is C22H20O2. The number of fused-ring (bicyclic) bond motifs is 1. The predicted octanol–water partition coefficient (Wildman–Crippen LogP) is 5.64. The fraction of sp³-hybridized carbons (Fsp3) is 0.0909. The van der Waals surface area contributed by atoms with Gasteiger partial charge in [-0.05, 0) is 52.2 Å². The Labute approximate surface area is 142 Å². The number of rotatable bonds is 7. The van der Waals surface area contributed by atoms with Gasteiger partial charge in [-0.25, -0.2) is 0 Å². The van der Waals surface area contributed by atoms with E-state index in [1.165, 1.54) is 10.9 Å². The molecule has 0 saturated heterocycles. The summed E-state index contributed by atoms with van der Waals surface area (Å²) in [7, 11) is 0. The van der Waals surface area contributed by atoms with Gasteiger partial charge in [0.2, 0.25) is 0 Å². The topological polar surface area (TPSA) is 18.5 Å². The minimum Gasteiger partial charge on any atom is -0.490 e. The van der Waals surface area contributed by atoms with Gasteiger partial charge in [0.05, 0.1) is 0 Å². The molecule has 0 radical (unpaired) electrons. The van der Waals surface area contributed by atoms with Gasteiger partial charge in [0.1, 0.15) is 24.7 Å². The van der Waals surface area contributed by atoms with E-state index in [0.29, 0.717) is 13.2 Å². The Morgan fingerprint density at radius 1 is 0.625 bits per heavy atom. The van der Waals surface area contributed by atoms with Crippen molar-refractivity contribution in [1.82, 2.24) is 0 Å². The first-order valence-corrected chi connectivity index (χ1v) is 7.92. The summed E-state index contributed by atoms with van der Waals surface area (Å²) in [6.45, 7) is 8.36. The van der Waals surface area contributed by atoms with Crippen molar-refractivity contribution in [2.75, 3.05) is 13.2 Å². The Hall–Kier alpha value is -3.00. The maximum absolute atomic E-state index is 5.58. The second-order valence-corrected chi connectivity index (χ2v) is 5.45. The Morgan fingerprint density at radius 2 is 1.17 bits per heavy atom. The lowest BCUT2D eigenvalue weighted by Gasteiger charge is -2.08. The van der Waals surface area contributed by atoms with E-state index >= 15 is 0 Å². The molecule has 2 heteroatoms. The summed E-state index contributed by atoms with van der Waals surface area (Å²) in [5, 5.41) is 2.34. The van der Waals surface area contributed by atoms with E-state index in [1.807, 2.05) is 18.2 Å². The highest BCUT2D eigenvalue weighted by molar-refractivity contribution is 5.88. The van der Waals surface area contributed by atoms with Crippen molar-refractivity contribution in [1.29, 1.82) is 0 Å². The maximum atomic E-state index is 5.58. The fourth-order valence-electron chi connectivity index (χ4n) is 2.55. The summed E-state index contributed by atoms with van der Waals surface area (Å²) in [6.07, 6.45) is 3.49. The highest BCUT2D eigenvalue weighted by Gasteiger charge is 2.02. The molecule has 0 fully saturated rings. The molecule has 0 atom stereocenters. The number of hydrogen-bond donors (Lipinski definition) is 0. The van der Waals surface area contributed by atoms with E-state index in [-0.39, 0.29) is 0 Å². The van der Waals surface area contributed by atoms with Gasteiger partial charge in [0.15, 0.2) is 0 Å². The van der Waals surface area contributed by atoms with Crippen LogP contribution in [0.3, 0.4) is 0 Å². The summed E-state index contributed by atoms with van der Waals surface area (Å²) in [6, 6.07) is 20.7. The second kappa shape index (κ2) is 7.51.